The first kappa shape index (κ1) is 32.8. The molecule has 0 aliphatic carbocycles. The topological polar surface area (TPSA) is 298 Å². The van der Waals surface area contributed by atoms with Crippen molar-refractivity contribution in [3.63, 3.8) is 0 Å². The van der Waals surface area contributed by atoms with E-state index >= 15 is 0 Å². The molecular weight excluding hydrogens is 540 g/mol. The SMILES string of the molecule is OC[C@@H](O)CO[C@@H]1O[C@H](CO)[C@@H](O)[C@H](O[C@@H]2O[C@H](CO)[C@@H](O)[C@H](O[C@@H]3O[C@H](CO)[C@@H](O)[C@H](O)[C@H]3O)[C@H]2O)[C@H]1O. The zero-order valence-corrected chi connectivity index (χ0v) is 20.6. The van der Waals surface area contributed by atoms with E-state index in [1.54, 1.807) is 0 Å². The van der Waals surface area contributed by atoms with Crippen LogP contribution in [0, 0.1) is 0 Å². The molecule has 3 saturated heterocycles. The highest BCUT2D eigenvalue weighted by atomic mass is 16.8. The van der Waals surface area contributed by atoms with Gasteiger partial charge in [0.05, 0.1) is 33.0 Å². The van der Waals surface area contributed by atoms with Gasteiger partial charge in [-0.2, -0.15) is 0 Å². The molecule has 0 amide bonds. The molecule has 3 fully saturated rings. The molecule has 0 aromatic heterocycles. The number of ether oxygens (including phenoxy) is 6. The Balaban J connectivity index is 1.78. The molecule has 3 heterocycles. The quantitative estimate of drug-likeness (QED) is 0.108. The molecule has 0 spiro atoms. The summed E-state index contributed by atoms with van der Waals surface area (Å²) in [7, 11) is 0. The molecule has 0 bridgehead atoms. The summed E-state index contributed by atoms with van der Waals surface area (Å²) < 4.78 is 32.2. The Labute approximate surface area is 221 Å². The van der Waals surface area contributed by atoms with E-state index in [2.05, 4.69) is 0 Å². The zero-order chi connectivity index (χ0) is 29.0. The largest absolute Gasteiger partial charge is 0.394 e. The summed E-state index contributed by atoms with van der Waals surface area (Å²) in [5, 5.41) is 120. The molecule has 18 heteroatoms. The normalized spacial score (nSPS) is 48.2. The van der Waals surface area contributed by atoms with Crippen LogP contribution < -0.4 is 0 Å². The van der Waals surface area contributed by atoms with Crippen LogP contribution in [0.4, 0.5) is 0 Å². The predicted octanol–water partition coefficient (Wildman–Crippen LogP) is -8.20. The highest BCUT2D eigenvalue weighted by Crippen LogP contribution is 2.32. The second kappa shape index (κ2) is 14.4. The van der Waals surface area contributed by atoms with Crippen molar-refractivity contribution >= 4 is 0 Å². The van der Waals surface area contributed by atoms with Crippen molar-refractivity contribution in [2.45, 2.75) is 98.2 Å². The lowest BCUT2D eigenvalue weighted by Gasteiger charge is -2.48. The van der Waals surface area contributed by atoms with Crippen LogP contribution in [0.15, 0.2) is 0 Å². The van der Waals surface area contributed by atoms with Gasteiger partial charge in [0.15, 0.2) is 18.9 Å². The van der Waals surface area contributed by atoms with Crippen molar-refractivity contribution in [3.8, 4) is 0 Å². The molecule has 0 unspecified atom stereocenters. The van der Waals surface area contributed by atoms with Crippen LogP contribution in [-0.4, -0.2) is 193 Å². The predicted molar refractivity (Wildman–Crippen MR) is 118 cm³/mol. The standard InChI is InChI=1S/C21H38O18/c22-1-6(26)5-34-19-15(32)17(11(28)8(3-24)35-19)39-21-16(33)18(12(29)9(4-25)37-21)38-20-14(31)13(30)10(27)7(2-23)36-20/h6-33H,1-5H2/t6-,7-,8-,9-,10-,11-,12-,13+,14-,15-,16-,17+,18+,19-,20+,21+/m1/s1. The summed E-state index contributed by atoms with van der Waals surface area (Å²) in [4.78, 5) is 0. The van der Waals surface area contributed by atoms with Gasteiger partial charge in [-0.1, -0.05) is 0 Å². The second-order valence-corrected chi connectivity index (χ2v) is 9.48. The van der Waals surface area contributed by atoms with Gasteiger partial charge in [-0.25, -0.2) is 0 Å². The first-order valence-corrected chi connectivity index (χ1v) is 12.3. The summed E-state index contributed by atoms with van der Waals surface area (Å²) >= 11 is 0. The minimum Gasteiger partial charge on any atom is -0.394 e. The van der Waals surface area contributed by atoms with Crippen molar-refractivity contribution in [2.24, 2.45) is 0 Å². The Morgan fingerprint density at radius 1 is 0.513 bits per heavy atom. The summed E-state index contributed by atoms with van der Waals surface area (Å²) in [6, 6.07) is 0. The molecule has 3 aliphatic rings. The molecule has 0 aromatic carbocycles. The Bertz CT molecular complexity index is 731. The molecule has 230 valence electrons. The number of aliphatic hydroxyl groups excluding tert-OH is 12. The molecule has 0 radical (unpaired) electrons. The lowest BCUT2D eigenvalue weighted by Crippen LogP contribution is -2.67. The van der Waals surface area contributed by atoms with E-state index in [0.717, 1.165) is 0 Å². The van der Waals surface area contributed by atoms with Crippen molar-refractivity contribution < 1.29 is 89.7 Å². The van der Waals surface area contributed by atoms with E-state index in [-0.39, 0.29) is 0 Å². The molecule has 16 atom stereocenters. The molecule has 18 nitrogen and oxygen atoms in total. The minimum absolute atomic E-state index is 0.504. The average molecular weight is 579 g/mol. The monoisotopic (exact) mass is 578 g/mol. The third-order valence-corrected chi connectivity index (χ3v) is 6.74. The zero-order valence-electron chi connectivity index (χ0n) is 20.6. The van der Waals surface area contributed by atoms with Crippen LogP contribution >= 0.6 is 0 Å². The van der Waals surface area contributed by atoms with E-state index in [4.69, 9.17) is 33.5 Å². The lowest BCUT2D eigenvalue weighted by atomic mass is 9.96. The van der Waals surface area contributed by atoms with Crippen molar-refractivity contribution in [2.75, 3.05) is 33.0 Å². The van der Waals surface area contributed by atoms with Crippen LogP contribution in [0.2, 0.25) is 0 Å². The summed E-state index contributed by atoms with van der Waals surface area (Å²) in [5.41, 5.74) is 0. The number of rotatable bonds is 11. The minimum atomic E-state index is -1.96. The maximum atomic E-state index is 10.9. The first-order valence-electron chi connectivity index (χ1n) is 12.3. The molecular formula is C21H38O18. The van der Waals surface area contributed by atoms with Gasteiger partial charge in [0, 0.05) is 0 Å². The van der Waals surface area contributed by atoms with Crippen molar-refractivity contribution in [1.29, 1.82) is 0 Å². The Morgan fingerprint density at radius 2 is 0.923 bits per heavy atom. The molecule has 39 heavy (non-hydrogen) atoms. The third-order valence-electron chi connectivity index (χ3n) is 6.74. The Morgan fingerprint density at radius 3 is 1.38 bits per heavy atom. The lowest BCUT2D eigenvalue weighted by molar-refractivity contribution is -0.381. The number of hydrogen-bond acceptors (Lipinski definition) is 18. The van der Waals surface area contributed by atoms with Gasteiger partial charge >= 0.3 is 0 Å². The van der Waals surface area contributed by atoms with Crippen molar-refractivity contribution in [3.05, 3.63) is 0 Å². The van der Waals surface area contributed by atoms with Crippen LogP contribution in [0.1, 0.15) is 0 Å². The van der Waals surface area contributed by atoms with E-state index in [1.807, 2.05) is 0 Å². The highest BCUT2D eigenvalue weighted by Gasteiger charge is 2.53. The van der Waals surface area contributed by atoms with Gasteiger partial charge in [0.2, 0.25) is 0 Å². The fraction of sp³-hybridized carbons (Fsp3) is 1.00. The fourth-order valence-corrected chi connectivity index (χ4v) is 4.43. The fourth-order valence-electron chi connectivity index (χ4n) is 4.43. The molecule has 0 saturated carbocycles. The van der Waals surface area contributed by atoms with Gasteiger partial charge in [-0.3, -0.25) is 0 Å². The van der Waals surface area contributed by atoms with Gasteiger partial charge in [-0.15, -0.1) is 0 Å². The Kier molecular flexibility index (Phi) is 12.1. The van der Waals surface area contributed by atoms with Crippen LogP contribution in [0.25, 0.3) is 0 Å². The maximum absolute atomic E-state index is 10.9. The van der Waals surface area contributed by atoms with E-state index in [0.29, 0.717) is 0 Å². The molecule has 3 aliphatic heterocycles. The molecule has 0 aromatic rings. The van der Waals surface area contributed by atoms with Gasteiger partial charge < -0.3 is 89.7 Å². The van der Waals surface area contributed by atoms with E-state index in [1.165, 1.54) is 0 Å². The Hall–Kier alpha value is -0.720. The molecule has 12 N–H and O–H groups in total. The first-order chi connectivity index (χ1) is 18.5. The van der Waals surface area contributed by atoms with Crippen molar-refractivity contribution in [1.82, 2.24) is 0 Å². The van der Waals surface area contributed by atoms with E-state index in [9.17, 15) is 56.2 Å². The second-order valence-electron chi connectivity index (χ2n) is 9.48. The molecule has 3 rings (SSSR count). The van der Waals surface area contributed by atoms with Crippen LogP contribution in [-0.2, 0) is 28.4 Å². The van der Waals surface area contributed by atoms with Crippen LogP contribution in [0.3, 0.4) is 0 Å². The maximum Gasteiger partial charge on any atom is 0.187 e. The van der Waals surface area contributed by atoms with Gasteiger partial charge in [0.25, 0.3) is 0 Å². The smallest absolute Gasteiger partial charge is 0.187 e. The summed E-state index contributed by atoms with van der Waals surface area (Å²) in [6.07, 6.45) is -26.9. The van der Waals surface area contributed by atoms with Gasteiger partial charge in [-0.05, 0) is 0 Å². The van der Waals surface area contributed by atoms with E-state index < -0.39 is 131 Å². The number of aliphatic hydroxyl groups is 12. The average Bonchev–Trinajstić information content (AvgIpc) is 2.93. The highest BCUT2D eigenvalue weighted by molar-refractivity contribution is 4.96. The summed E-state index contributed by atoms with van der Waals surface area (Å²) in [5.74, 6) is 0. The van der Waals surface area contributed by atoms with Crippen LogP contribution in [0.5, 0.6) is 0 Å². The van der Waals surface area contributed by atoms with Gasteiger partial charge in [0.1, 0.15) is 79.4 Å². The summed E-state index contributed by atoms with van der Waals surface area (Å²) in [6.45, 7) is -3.57. The third kappa shape index (κ3) is 7.20. The number of hydrogen-bond donors (Lipinski definition) is 12.